The van der Waals surface area contributed by atoms with Gasteiger partial charge in [0.1, 0.15) is 4.99 Å². The molecule has 0 unspecified atom stereocenters. The summed E-state index contributed by atoms with van der Waals surface area (Å²) in [7, 11) is 0. The van der Waals surface area contributed by atoms with Crippen molar-refractivity contribution in [3.8, 4) is 0 Å². The molecule has 0 aromatic heterocycles. The van der Waals surface area contributed by atoms with Gasteiger partial charge in [-0.15, -0.1) is 11.8 Å². The fourth-order valence-corrected chi connectivity index (χ4v) is 3.79. The summed E-state index contributed by atoms with van der Waals surface area (Å²) in [5.74, 6) is 0.741. The Kier molecular flexibility index (Phi) is 6.33. The summed E-state index contributed by atoms with van der Waals surface area (Å²) in [6.45, 7) is 6.85. The second-order valence-corrected chi connectivity index (χ2v) is 6.79. The maximum absolute atomic E-state index is 5.91. The quantitative estimate of drug-likeness (QED) is 0.621. The molecule has 1 heterocycles. The van der Waals surface area contributed by atoms with Crippen LogP contribution in [0.5, 0.6) is 0 Å². The average Bonchev–Trinajstić information content (AvgIpc) is 2.52. The van der Waals surface area contributed by atoms with Gasteiger partial charge in [-0.05, 0) is 56.8 Å². The van der Waals surface area contributed by atoms with Gasteiger partial charge in [0.25, 0.3) is 0 Å². The van der Waals surface area contributed by atoms with Gasteiger partial charge in [0.2, 0.25) is 0 Å². The molecule has 1 aliphatic rings. The monoisotopic (exact) mass is 323 g/mol. The van der Waals surface area contributed by atoms with Crippen LogP contribution in [0.3, 0.4) is 0 Å². The summed E-state index contributed by atoms with van der Waals surface area (Å²) in [6.07, 6.45) is 4.60. The van der Waals surface area contributed by atoms with Gasteiger partial charge < -0.3 is 16.0 Å². The fraction of sp³-hybridized carbons (Fsp3) is 0.562. The maximum atomic E-state index is 5.91. The molecule has 1 aromatic rings. The van der Waals surface area contributed by atoms with E-state index in [9.17, 15) is 0 Å². The minimum absolute atomic E-state index is 0.475. The van der Waals surface area contributed by atoms with Crippen molar-refractivity contribution in [3.05, 3.63) is 23.8 Å². The predicted octanol–water partition coefficient (Wildman–Crippen LogP) is 3.19. The van der Waals surface area contributed by atoms with Crippen LogP contribution in [0, 0.1) is 5.92 Å². The molecule has 21 heavy (non-hydrogen) atoms. The largest absolute Gasteiger partial charge is 0.389 e. The van der Waals surface area contributed by atoms with Gasteiger partial charge in [0.15, 0.2) is 0 Å². The number of hydrogen-bond donors (Lipinski definition) is 2. The standard InChI is InChI=1S/C16H25N3S2/c1-3-19-9-7-12(8-10-19)11-18-13-5-4-6-14(21-2)15(13)16(17)20/h4-6,12,18H,3,7-11H2,1-2H3,(H2,17,20). The lowest BCUT2D eigenvalue weighted by atomic mass is 9.96. The van der Waals surface area contributed by atoms with Gasteiger partial charge in [-0.3, -0.25) is 0 Å². The normalized spacial score (nSPS) is 16.9. The first-order valence-corrected chi connectivity index (χ1v) is 9.22. The topological polar surface area (TPSA) is 41.3 Å². The molecule has 1 aliphatic heterocycles. The highest BCUT2D eigenvalue weighted by Crippen LogP contribution is 2.28. The van der Waals surface area contributed by atoms with E-state index < -0.39 is 0 Å². The number of nitrogens with one attached hydrogen (secondary N) is 1. The number of hydrogen-bond acceptors (Lipinski definition) is 4. The van der Waals surface area contributed by atoms with Crippen molar-refractivity contribution in [1.82, 2.24) is 4.90 Å². The van der Waals surface area contributed by atoms with Gasteiger partial charge in [-0.25, -0.2) is 0 Å². The molecule has 2 rings (SSSR count). The molecular formula is C16H25N3S2. The van der Waals surface area contributed by atoms with Crippen molar-refractivity contribution in [2.75, 3.05) is 37.8 Å². The van der Waals surface area contributed by atoms with Crippen LogP contribution in [-0.2, 0) is 0 Å². The molecule has 0 atom stereocenters. The Morgan fingerprint density at radius 3 is 2.71 bits per heavy atom. The molecule has 1 aromatic carbocycles. The second kappa shape index (κ2) is 8.01. The Labute approximate surface area is 137 Å². The van der Waals surface area contributed by atoms with E-state index in [1.807, 2.05) is 0 Å². The number of nitrogens with zero attached hydrogens (tertiary/aromatic N) is 1. The van der Waals surface area contributed by atoms with Gasteiger partial charge in [0, 0.05) is 22.7 Å². The first kappa shape index (κ1) is 16.6. The number of thiocarbonyl (C=S) groups is 1. The van der Waals surface area contributed by atoms with Crippen molar-refractivity contribution in [2.24, 2.45) is 11.7 Å². The second-order valence-electron chi connectivity index (χ2n) is 5.51. The van der Waals surface area contributed by atoms with E-state index in [4.69, 9.17) is 18.0 Å². The van der Waals surface area contributed by atoms with Crippen LogP contribution in [-0.4, -0.2) is 42.3 Å². The van der Waals surface area contributed by atoms with E-state index >= 15 is 0 Å². The Morgan fingerprint density at radius 1 is 1.43 bits per heavy atom. The van der Waals surface area contributed by atoms with Crippen molar-refractivity contribution in [1.29, 1.82) is 0 Å². The SMILES string of the molecule is CCN1CCC(CNc2cccc(SC)c2C(N)=S)CC1. The van der Waals surface area contributed by atoms with Gasteiger partial charge in [-0.2, -0.15) is 0 Å². The van der Waals surface area contributed by atoms with Crippen LogP contribution < -0.4 is 11.1 Å². The molecule has 116 valence electrons. The van der Waals surface area contributed by atoms with Gasteiger partial charge in [-0.1, -0.05) is 25.2 Å². The number of benzene rings is 1. The van der Waals surface area contributed by atoms with Gasteiger partial charge >= 0.3 is 0 Å². The zero-order valence-electron chi connectivity index (χ0n) is 12.9. The number of nitrogens with two attached hydrogens (primary N) is 1. The Balaban J connectivity index is 1.99. The first-order valence-electron chi connectivity index (χ1n) is 7.58. The van der Waals surface area contributed by atoms with Crippen molar-refractivity contribution < 1.29 is 0 Å². The zero-order chi connectivity index (χ0) is 15.2. The molecule has 1 saturated heterocycles. The summed E-state index contributed by atoms with van der Waals surface area (Å²) in [5.41, 5.74) is 7.98. The molecule has 3 N–H and O–H groups in total. The summed E-state index contributed by atoms with van der Waals surface area (Å²) in [4.78, 5) is 4.14. The van der Waals surface area contributed by atoms with E-state index in [0.29, 0.717) is 4.99 Å². The number of thioether (sulfide) groups is 1. The maximum Gasteiger partial charge on any atom is 0.107 e. The highest BCUT2D eigenvalue weighted by atomic mass is 32.2. The zero-order valence-corrected chi connectivity index (χ0v) is 14.5. The Hall–Kier alpha value is -0.780. The average molecular weight is 324 g/mol. The highest BCUT2D eigenvalue weighted by Gasteiger charge is 2.18. The number of rotatable bonds is 6. The number of likely N-dealkylation sites (tertiary alicyclic amines) is 1. The molecule has 5 heteroatoms. The van der Waals surface area contributed by atoms with E-state index in [2.05, 4.69) is 41.6 Å². The summed E-state index contributed by atoms with van der Waals surface area (Å²) in [5, 5.41) is 3.57. The molecule has 0 spiro atoms. The lowest BCUT2D eigenvalue weighted by molar-refractivity contribution is 0.198. The molecule has 0 saturated carbocycles. The van der Waals surface area contributed by atoms with Crippen molar-refractivity contribution in [2.45, 2.75) is 24.7 Å². The van der Waals surface area contributed by atoms with Crippen LogP contribution in [0.15, 0.2) is 23.1 Å². The number of piperidine rings is 1. The molecule has 0 aliphatic carbocycles. The first-order chi connectivity index (χ1) is 10.2. The fourth-order valence-electron chi connectivity index (χ4n) is 2.86. The molecule has 0 radical (unpaired) electrons. The smallest absolute Gasteiger partial charge is 0.107 e. The Morgan fingerprint density at radius 2 is 2.14 bits per heavy atom. The van der Waals surface area contributed by atoms with E-state index in [0.717, 1.165) is 28.6 Å². The van der Waals surface area contributed by atoms with Crippen molar-refractivity contribution >= 4 is 34.7 Å². The van der Waals surface area contributed by atoms with E-state index in [1.54, 1.807) is 11.8 Å². The minimum Gasteiger partial charge on any atom is -0.389 e. The Bertz CT molecular complexity index is 482. The number of anilines is 1. The molecule has 0 amide bonds. The van der Waals surface area contributed by atoms with Crippen LogP contribution in [0.1, 0.15) is 25.3 Å². The van der Waals surface area contributed by atoms with Crippen molar-refractivity contribution in [3.63, 3.8) is 0 Å². The van der Waals surface area contributed by atoms with Crippen LogP contribution in [0.25, 0.3) is 0 Å². The lowest BCUT2D eigenvalue weighted by Crippen LogP contribution is -2.35. The van der Waals surface area contributed by atoms with Crippen LogP contribution in [0.4, 0.5) is 5.69 Å². The molecule has 0 bridgehead atoms. The third-order valence-corrected chi connectivity index (χ3v) is 5.21. The molecular weight excluding hydrogens is 298 g/mol. The lowest BCUT2D eigenvalue weighted by Gasteiger charge is -2.31. The van der Waals surface area contributed by atoms with Gasteiger partial charge in [0.05, 0.1) is 0 Å². The predicted molar refractivity (Wildman–Crippen MR) is 97.4 cm³/mol. The molecule has 3 nitrogen and oxygen atoms in total. The van der Waals surface area contributed by atoms with E-state index in [1.165, 1.54) is 32.5 Å². The highest BCUT2D eigenvalue weighted by molar-refractivity contribution is 7.98. The molecule has 1 fully saturated rings. The van der Waals surface area contributed by atoms with E-state index in [-0.39, 0.29) is 0 Å². The van der Waals surface area contributed by atoms with Crippen LogP contribution in [0.2, 0.25) is 0 Å². The summed E-state index contributed by atoms with van der Waals surface area (Å²) < 4.78 is 0. The third kappa shape index (κ3) is 4.34. The summed E-state index contributed by atoms with van der Waals surface area (Å²) in [6, 6.07) is 6.22. The summed E-state index contributed by atoms with van der Waals surface area (Å²) >= 11 is 6.91. The minimum atomic E-state index is 0.475. The van der Waals surface area contributed by atoms with Crippen LogP contribution >= 0.6 is 24.0 Å². The third-order valence-electron chi connectivity index (χ3n) is 4.23.